The van der Waals surface area contributed by atoms with Crippen molar-refractivity contribution in [2.45, 2.75) is 6.92 Å². The summed E-state index contributed by atoms with van der Waals surface area (Å²) in [4.78, 5) is 27.8. The average Bonchev–Trinajstić information content (AvgIpc) is 2.90. The molecule has 2 heterocycles. The van der Waals surface area contributed by atoms with Crippen LogP contribution in [0.1, 0.15) is 17.4 Å². The topological polar surface area (TPSA) is 54.8 Å². The van der Waals surface area contributed by atoms with Gasteiger partial charge in [-0.15, -0.1) is 0 Å². The second kappa shape index (κ2) is 6.51. The van der Waals surface area contributed by atoms with E-state index >= 15 is 0 Å². The van der Waals surface area contributed by atoms with Gasteiger partial charge in [0.05, 0.1) is 6.61 Å². The number of piperazine rings is 1. The highest BCUT2D eigenvalue weighted by atomic mass is 19.1. The first-order valence-electron chi connectivity index (χ1n) is 7.97. The molecular weight excluding hydrogens is 313 g/mol. The molecule has 3 rings (SSSR count). The molecule has 2 aromatic rings. The van der Waals surface area contributed by atoms with E-state index in [2.05, 4.69) is 0 Å². The average molecular weight is 333 g/mol. The maximum absolute atomic E-state index is 13.4. The van der Waals surface area contributed by atoms with Crippen molar-refractivity contribution >= 4 is 22.9 Å². The lowest BCUT2D eigenvalue weighted by Crippen LogP contribution is -2.51. The van der Waals surface area contributed by atoms with Crippen LogP contribution in [-0.4, -0.2) is 59.2 Å². The monoisotopic (exact) mass is 333 g/mol. The maximum Gasteiger partial charge on any atom is 0.409 e. The van der Waals surface area contributed by atoms with Crippen LogP contribution < -0.4 is 0 Å². The fraction of sp³-hybridized carbons (Fsp3) is 0.412. The molecule has 2 amide bonds. The van der Waals surface area contributed by atoms with Gasteiger partial charge < -0.3 is 19.1 Å². The number of fused-ring (bicyclic) bond motifs is 1. The Morgan fingerprint density at radius 1 is 1.12 bits per heavy atom. The third kappa shape index (κ3) is 2.93. The van der Waals surface area contributed by atoms with Gasteiger partial charge in [0.1, 0.15) is 11.5 Å². The Hall–Kier alpha value is -2.57. The van der Waals surface area contributed by atoms with E-state index in [1.165, 1.54) is 12.1 Å². The molecule has 6 nitrogen and oxygen atoms in total. The normalized spacial score (nSPS) is 15.0. The van der Waals surface area contributed by atoms with Crippen LogP contribution in [0.4, 0.5) is 9.18 Å². The number of nitrogens with zero attached hydrogens (tertiary/aromatic N) is 3. The highest BCUT2D eigenvalue weighted by Crippen LogP contribution is 2.21. The van der Waals surface area contributed by atoms with Crippen LogP contribution in [0.2, 0.25) is 0 Å². The molecule has 0 bridgehead atoms. The van der Waals surface area contributed by atoms with E-state index < -0.39 is 0 Å². The maximum atomic E-state index is 13.4. The van der Waals surface area contributed by atoms with E-state index in [9.17, 15) is 14.0 Å². The van der Waals surface area contributed by atoms with E-state index in [1.807, 2.05) is 0 Å². The Labute approximate surface area is 139 Å². The summed E-state index contributed by atoms with van der Waals surface area (Å²) in [5.41, 5.74) is 1.32. The largest absolute Gasteiger partial charge is 0.450 e. The first kappa shape index (κ1) is 16.3. The predicted molar refractivity (Wildman–Crippen MR) is 87.4 cm³/mol. The lowest BCUT2D eigenvalue weighted by Gasteiger charge is -2.34. The minimum Gasteiger partial charge on any atom is -0.450 e. The number of ether oxygens (including phenoxy) is 1. The molecule has 0 N–H and O–H groups in total. The molecule has 7 heteroatoms. The minimum absolute atomic E-state index is 0.113. The molecule has 0 radical (unpaired) electrons. The Morgan fingerprint density at radius 2 is 1.79 bits per heavy atom. The first-order valence-corrected chi connectivity index (χ1v) is 7.97. The summed E-state index contributed by atoms with van der Waals surface area (Å²) in [5.74, 6) is -0.437. The van der Waals surface area contributed by atoms with Crippen molar-refractivity contribution in [1.82, 2.24) is 14.4 Å². The van der Waals surface area contributed by atoms with Crippen LogP contribution in [0, 0.1) is 5.82 Å². The van der Waals surface area contributed by atoms with Gasteiger partial charge in [-0.1, -0.05) is 0 Å². The summed E-state index contributed by atoms with van der Waals surface area (Å²) in [6, 6.07) is 6.18. The Bertz CT molecular complexity index is 779. The van der Waals surface area contributed by atoms with E-state index in [-0.39, 0.29) is 17.8 Å². The smallest absolute Gasteiger partial charge is 0.409 e. The molecule has 1 aromatic carbocycles. The molecule has 0 spiro atoms. The molecule has 24 heavy (non-hydrogen) atoms. The lowest BCUT2D eigenvalue weighted by atomic mass is 10.2. The van der Waals surface area contributed by atoms with E-state index in [4.69, 9.17) is 4.74 Å². The number of aryl methyl sites for hydroxylation is 1. The van der Waals surface area contributed by atoms with Gasteiger partial charge >= 0.3 is 6.09 Å². The number of hydrogen-bond donors (Lipinski definition) is 0. The third-order valence-electron chi connectivity index (χ3n) is 4.32. The zero-order valence-electron chi connectivity index (χ0n) is 13.8. The molecule has 0 unspecified atom stereocenters. The summed E-state index contributed by atoms with van der Waals surface area (Å²) < 4.78 is 20.1. The number of benzene rings is 1. The number of hydrogen-bond acceptors (Lipinski definition) is 3. The quantitative estimate of drug-likeness (QED) is 0.847. The molecule has 1 aliphatic heterocycles. The van der Waals surface area contributed by atoms with Gasteiger partial charge in [0.25, 0.3) is 5.91 Å². The fourth-order valence-corrected chi connectivity index (χ4v) is 2.99. The zero-order valence-corrected chi connectivity index (χ0v) is 13.8. The molecule has 0 atom stereocenters. The molecule has 1 aromatic heterocycles. The van der Waals surface area contributed by atoms with Gasteiger partial charge in [0.2, 0.25) is 0 Å². The molecule has 128 valence electrons. The van der Waals surface area contributed by atoms with Crippen molar-refractivity contribution < 1.29 is 18.7 Å². The minimum atomic E-state index is -0.343. The molecule has 1 saturated heterocycles. The van der Waals surface area contributed by atoms with Gasteiger partial charge in [-0.2, -0.15) is 0 Å². The number of carbonyl (C=O) groups excluding carboxylic acids is 2. The zero-order chi connectivity index (χ0) is 17.3. The van der Waals surface area contributed by atoms with Gasteiger partial charge in [-0.05, 0) is 31.2 Å². The number of rotatable bonds is 2. The van der Waals surface area contributed by atoms with Crippen LogP contribution >= 0.6 is 0 Å². The summed E-state index contributed by atoms with van der Waals surface area (Å²) in [7, 11) is 1.79. The first-order chi connectivity index (χ1) is 11.5. The predicted octanol–water partition coefficient (Wildman–Crippen LogP) is 2.23. The van der Waals surface area contributed by atoms with Crippen molar-refractivity contribution in [3.8, 4) is 0 Å². The SMILES string of the molecule is CCOC(=O)N1CCN(C(=O)c2cc3cc(F)ccc3n2C)CC1. The third-order valence-corrected chi connectivity index (χ3v) is 4.32. The van der Waals surface area contributed by atoms with Gasteiger partial charge in [0.15, 0.2) is 0 Å². The van der Waals surface area contributed by atoms with Crippen molar-refractivity contribution in [3.63, 3.8) is 0 Å². The van der Waals surface area contributed by atoms with Gasteiger partial charge in [-0.25, -0.2) is 9.18 Å². The summed E-state index contributed by atoms with van der Waals surface area (Å²) >= 11 is 0. The number of carbonyl (C=O) groups is 2. The van der Waals surface area contributed by atoms with Crippen LogP contribution in [0.15, 0.2) is 24.3 Å². The highest BCUT2D eigenvalue weighted by molar-refractivity contribution is 5.98. The van der Waals surface area contributed by atoms with E-state index in [0.29, 0.717) is 43.9 Å². The van der Waals surface area contributed by atoms with Crippen LogP contribution in [-0.2, 0) is 11.8 Å². The standard InChI is InChI=1S/C17H20FN3O3/c1-3-24-17(23)21-8-6-20(7-9-21)16(22)15-11-12-10-13(18)4-5-14(12)19(15)2/h4-5,10-11H,3,6-9H2,1-2H3. The molecule has 1 fully saturated rings. The second-order valence-electron chi connectivity index (χ2n) is 5.77. The number of halogens is 1. The Morgan fingerprint density at radius 3 is 2.46 bits per heavy atom. The summed E-state index contributed by atoms with van der Waals surface area (Å²) in [6.45, 7) is 3.90. The van der Waals surface area contributed by atoms with Crippen molar-refractivity contribution in [2.75, 3.05) is 32.8 Å². The summed E-state index contributed by atoms with van der Waals surface area (Å²) in [5, 5.41) is 0.700. The molecular formula is C17H20FN3O3. The Balaban J connectivity index is 1.74. The van der Waals surface area contributed by atoms with Crippen LogP contribution in [0.25, 0.3) is 10.9 Å². The van der Waals surface area contributed by atoms with Crippen LogP contribution in [0.5, 0.6) is 0 Å². The fourth-order valence-electron chi connectivity index (χ4n) is 2.99. The van der Waals surface area contributed by atoms with Crippen LogP contribution in [0.3, 0.4) is 0 Å². The lowest BCUT2D eigenvalue weighted by molar-refractivity contribution is 0.0563. The highest BCUT2D eigenvalue weighted by Gasteiger charge is 2.27. The van der Waals surface area contributed by atoms with Crippen molar-refractivity contribution in [2.24, 2.45) is 7.05 Å². The molecule has 0 aliphatic carbocycles. The van der Waals surface area contributed by atoms with Crippen molar-refractivity contribution in [3.05, 3.63) is 35.8 Å². The number of aromatic nitrogens is 1. The van der Waals surface area contributed by atoms with Gasteiger partial charge in [-0.3, -0.25) is 4.79 Å². The van der Waals surface area contributed by atoms with E-state index in [1.54, 1.807) is 40.5 Å². The Kier molecular flexibility index (Phi) is 4.42. The molecule has 0 saturated carbocycles. The second-order valence-corrected chi connectivity index (χ2v) is 5.77. The summed E-state index contributed by atoms with van der Waals surface area (Å²) in [6.07, 6.45) is -0.343. The number of amides is 2. The van der Waals surface area contributed by atoms with Gasteiger partial charge in [0, 0.05) is 44.1 Å². The van der Waals surface area contributed by atoms with E-state index in [0.717, 1.165) is 5.52 Å². The van der Waals surface area contributed by atoms with Crippen molar-refractivity contribution in [1.29, 1.82) is 0 Å². The molecule has 1 aliphatic rings.